The Morgan fingerprint density at radius 2 is 1.68 bits per heavy atom. The SMILES string of the molecule is COc1ccc(C(=O)N2CCC(Cc3ccc(C(=O)NC4CC4)cc3)CC2)c(OC)c1. The van der Waals surface area contributed by atoms with E-state index in [0.29, 0.717) is 29.0 Å². The van der Waals surface area contributed by atoms with Crippen molar-refractivity contribution in [3.63, 3.8) is 0 Å². The predicted octanol–water partition coefficient (Wildman–Crippen LogP) is 3.69. The average Bonchev–Trinajstić information content (AvgIpc) is 3.63. The van der Waals surface area contributed by atoms with Gasteiger partial charge in [0, 0.05) is 30.8 Å². The topological polar surface area (TPSA) is 67.9 Å². The van der Waals surface area contributed by atoms with Crippen LogP contribution in [0.3, 0.4) is 0 Å². The quantitative estimate of drug-likeness (QED) is 0.739. The highest BCUT2D eigenvalue weighted by molar-refractivity contribution is 5.97. The van der Waals surface area contributed by atoms with E-state index in [-0.39, 0.29) is 11.8 Å². The molecule has 1 heterocycles. The zero-order chi connectivity index (χ0) is 21.8. The van der Waals surface area contributed by atoms with E-state index >= 15 is 0 Å². The molecule has 2 fully saturated rings. The number of carbonyl (C=O) groups excluding carboxylic acids is 2. The summed E-state index contributed by atoms with van der Waals surface area (Å²) in [6.07, 6.45) is 5.09. The summed E-state index contributed by atoms with van der Waals surface area (Å²) < 4.78 is 10.6. The zero-order valence-electron chi connectivity index (χ0n) is 18.2. The first kappa shape index (κ1) is 21.2. The molecule has 0 atom stereocenters. The van der Waals surface area contributed by atoms with Crippen molar-refractivity contribution in [1.82, 2.24) is 10.2 Å². The molecule has 164 valence electrons. The Balaban J connectivity index is 1.30. The van der Waals surface area contributed by atoms with Gasteiger partial charge in [0.25, 0.3) is 11.8 Å². The maximum Gasteiger partial charge on any atom is 0.257 e. The average molecular weight is 423 g/mol. The minimum absolute atomic E-state index is 0.00369. The molecule has 0 bridgehead atoms. The number of amides is 2. The lowest BCUT2D eigenvalue weighted by Gasteiger charge is -2.32. The highest BCUT2D eigenvalue weighted by atomic mass is 16.5. The van der Waals surface area contributed by atoms with Crippen LogP contribution in [0.4, 0.5) is 0 Å². The van der Waals surface area contributed by atoms with E-state index in [2.05, 4.69) is 17.4 Å². The van der Waals surface area contributed by atoms with Crippen LogP contribution >= 0.6 is 0 Å². The summed E-state index contributed by atoms with van der Waals surface area (Å²) in [5.74, 6) is 1.77. The lowest BCUT2D eigenvalue weighted by atomic mass is 9.89. The Morgan fingerprint density at radius 3 is 2.29 bits per heavy atom. The molecular weight excluding hydrogens is 392 g/mol. The molecule has 1 aliphatic heterocycles. The standard InChI is InChI=1S/C25H30N2O4/c1-30-21-9-10-22(23(16-21)31-2)25(29)27-13-11-18(12-14-27)15-17-3-5-19(6-4-17)24(28)26-20-7-8-20/h3-6,9-10,16,18,20H,7-8,11-15H2,1-2H3,(H,26,28). The van der Waals surface area contributed by atoms with Crippen LogP contribution in [-0.2, 0) is 6.42 Å². The third-order valence-electron chi connectivity index (χ3n) is 6.19. The van der Waals surface area contributed by atoms with Gasteiger partial charge in [-0.3, -0.25) is 9.59 Å². The Hall–Kier alpha value is -3.02. The van der Waals surface area contributed by atoms with Crippen LogP contribution in [0.15, 0.2) is 42.5 Å². The van der Waals surface area contributed by atoms with Crippen molar-refractivity contribution in [2.45, 2.75) is 38.1 Å². The normalized spacial score (nSPS) is 16.6. The van der Waals surface area contributed by atoms with Gasteiger partial charge >= 0.3 is 0 Å². The first-order valence-corrected chi connectivity index (χ1v) is 11.0. The molecule has 2 aliphatic rings. The molecule has 6 nitrogen and oxygen atoms in total. The van der Waals surface area contributed by atoms with Crippen LogP contribution in [0.25, 0.3) is 0 Å². The molecule has 1 N–H and O–H groups in total. The fraction of sp³-hybridized carbons (Fsp3) is 0.440. The maximum absolute atomic E-state index is 13.0. The van der Waals surface area contributed by atoms with Gasteiger partial charge in [-0.25, -0.2) is 0 Å². The monoisotopic (exact) mass is 422 g/mol. The molecule has 0 unspecified atom stereocenters. The van der Waals surface area contributed by atoms with E-state index in [4.69, 9.17) is 9.47 Å². The Kier molecular flexibility index (Phi) is 6.44. The van der Waals surface area contributed by atoms with Crippen molar-refractivity contribution in [1.29, 1.82) is 0 Å². The Labute approximate surface area is 183 Å². The second kappa shape index (κ2) is 9.41. The van der Waals surface area contributed by atoms with Gasteiger partial charge < -0.3 is 19.7 Å². The lowest BCUT2D eigenvalue weighted by Crippen LogP contribution is -2.39. The first-order valence-electron chi connectivity index (χ1n) is 11.0. The van der Waals surface area contributed by atoms with Gasteiger partial charge in [0.1, 0.15) is 11.5 Å². The van der Waals surface area contributed by atoms with Crippen LogP contribution in [0.2, 0.25) is 0 Å². The number of nitrogens with zero attached hydrogens (tertiary/aromatic N) is 1. The van der Waals surface area contributed by atoms with Crippen molar-refractivity contribution in [3.05, 3.63) is 59.2 Å². The molecule has 1 saturated carbocycles. The lowest BCUT2D eigenvalue weighted by molar-refractivity contribution is 0.0687. The number of piperidine rings is 1. The predicted molar refractivity (Wildman–Crippen MR) is 119 cm³/mol. The number of nitrogens with one attached hydrogen (secondary N) is 1. The summed E-state index contributed by atoms with van der Waals surface area (Å²) in [7, 11) is 3.16. The summed E-state index contributed by atoms with van der Waals surface area (Å²) in [6.45, 7) is 1.47. The highest BCUT2D eigenvalue weighted by Gasteiger charge is 2.26. The number of benzene rings is 2. The number of ether oxygens (including phenoxy) is 2. The van der Waals surface area contributed by atoms with E-state index in [1.807, 2.05) is 17.0 Å². The molecule has 0 radical (unpaired) electrons. The molecule has 0 aromatic heterocycles. The molecule has 2 amide bonds. The summed E-state index contributed by atoms with van der Waals surface area (Å²) in [6, 6.07) is 13.6. The first-order chi connectivity index (χ1) is 15.1. The minimum Gasteiger partial charge on any atom is -0.497 e. The highest BCUT2D eigenvalue weighted by Crippen LogP contribution is 2.28. The third kappa shape index (κ3) is 5.19. The van der Waals surface area contributed by atoms with Crippen LogP contribution in [0.5, 0.6) is 11.5 Å². The molecule has 1 saturated heterocycles. The van der Waals surface area contributed by atoms with E-state index in [1.165, 1.54) is 5.56 Å². The van der Waals surface area contributed by atoms with Crippen molar-refractivity contribution >= 4 is 11.8 Å². The Bertz CT molecular complexity index is 929. The van der Waals surface area contributed by atoms with E-state index in [0.717, 1.165) is 50.8 Å². The molecule has 2 aromatic rings. The van der Waals surface area contributed by atoms with E-state index in [9.17, 15) is 9.59 Å². The van der Waals surface area contributed by atoms with Gasteiger partial charge in [-0.05, 0) is 67.9 Å². The van der Waals surface area contributed by atoms with E-state index < -0.39 is 0 Å². The molecule has 2 aromatic carbocycles. The second-order valence-electron chi connectivity index (χ2n) is 8.45. The number of likely N-dealkylation sites (tertiary alicyclic amines) is 1. The van der Waals surface area contributed by atoms with Gasteiger partial charge in [-0.1, -0.05) is 12.1 Å². The van der Waals surface area contributed by atoms with Gasteiger partial charge in [-0.15, -0.1) is 0 Å². The zero-order valence-corrected chi connectivity index (χ0v) is 18.2. The van der Waals surface area contributed by atoms with Crippen LogP contribution in [0, 0.1) is 5.92 Å². The van der Waals surface area contributed by atoms with Gasteiger partial charge in [0.15, 0.2) is 0 Å². The van der Waals surface area contributed by atoms with Gasteiger partial charge in [0.05, 0.1) is 19.8 Å². The molecule has 6 heteroatoms. The molecule has 4 rings (SSSR count). The summed E-state index contributed by atoms with van der Waals surface area (Å²) >= 11 is 0. The van der Waals surface area contributed by atoms with Crippen molar-refractivity contribution < 1.29 is 19.1 Å². The van der Waals surface area contributed by atoms with Crippen molar-refractivity contribution in [2.75, 3.05) is 27.3 Å². The molecule has 31 heavy (non-hydrogen) atoms. The maximum atomic E-state index is 13.0. The molecule has 0 spiro atoms. The number of carbonyl (C=O) groups is 2. The van der Waals surface area contributed by atoms with Crippen molar-refractivity contribution in [2.24, 2.45) is 5.92 Å². The number of rotatable bonds is 7. The summed E-state index contributed by atoms with van der Waals surface area (Å²) in [5, 5.41) is 3.02. The van der Waals surface area contributed by atoms with E-state index in [1.54, 1.807) is 32.4 Å². The summed E-state index contributed by atoms with van der Waals surface area (Å²) in [4.78, 5) is 27.0. The van der Waals surface area contributed by atoms with Crippen LogP contribution in [-0.4, -0.2) is 50.1 Å². The Morgan fingerprint density at radius 1 is 0.968 bits per heavy atom. The van der Waals surface area contributed by atoms with Crippen LogP contribution < -0.4 is 14.8 Å². The number of methoxy groups -OCH3 is 2. The van der Waals surface area contributed by atoms with Crippen LogP contribution in [0.1, 0.15) is 52.0 Å². The largest absolute Gasteiger partial charge is 0.497 e. The molecule has 1 aliphatic carbocycles. The fourth-order valence-electron chi connectivity index (χ4n) is 4.11. The minimum atomic E-state index is 0.00369. The number of hydrogen-bond donors (Lipinski definition) is 1. The summed E-state index contributed by atoms with van der Waals surface area (Å²) in [5.41, 5.74) is 2.54. The van der Waals surface area contributed by atoms with Gasteiger partial charge in [0.2, 0.25) is 0 Å². The third-order valence-corrected chi connectivity index (χ3v) is 6.19. The smallest absolute Gasteiger partial charge is 0.257 e. The van der Waals surface area contributed by atoms with Crippen molar-refractivity contribution in [3.8, 4) is 11.5 Å². The molecular formula is C25H30N2O4. The number of hydrogen-bond acceptors (Lipinski definition) is 4. The fourth-order valence-corrected chi connectivity index (χ4v) is 4.11. The van der Waals surface area contributed by atoms with Gasteiger partial charge in [-0.2, -0.15) is 0 Å². The second-order valence-corrected chi connectivity index (χ2v) is 8.45.